The molecule has 21 heavy (non-hydrogen) atoms. The van der Waals surface area contributed by atoms with Crippen LogP contribution in [0, 0.1) is 17.8 Å². The Labute approximate surface area is 137 Å². The molecule has 0 saturated heterocycles. The molecule has 0 spiro atoms. The van der Waals surface area contributed by atoms with Gasteiger partial charge in [0.2, 0.25) is 0 Å². The summed E-state index contributed by atoms with van der Waals surface area (Å²) in [7, 11) is 0. The minimum Gasteiger partial charge on any atom is -0.489 e. The third-order valence-electron chi connectivity index (χ3n) is 4.72. The van der Waals surface area contributed by atoms with Crippen LogP contribution in [-0.4, -0.2) is 6.10 Å². The summed E-state index contributed by atoms with van der Waals surface area (Å²) >= 11 is 3.63. The van der Waals surface area contributed by atoms with Crippen molar-refractivity contribution in [3.8, 4) is 5.75 Å². The van der Waals surface area contributed by atoms with E-state index in [4.69, 9.17) is 10.5 Å². The average molecular weight is 354 g/mol. The minimum absolute atomic E-state index is 0.0495. The average Bonchev–Trinajstić information content (AvgIpc) is 2.40. The zero-order valence-corrected chi connectivity index (χ0v) is 15.2. The van der Waals surface area contributed by atoms with E-state index in [0.717, 1.165) is 28.1 Å². The molecule has 1 aromatic rings. The lowest BCUT2D eigenvalue weighted by Crippen LogP contribution is -2.36. The van der Waals surface area contributed by atoms with Crippen LogP contribution in [0.1, 0.15) is 58.6 Å². The van der Waals surface area contributed by atoms with Gasteiger partial charge in [0.1, 0.15) is 11.9 Å². The SMILES string of the molecule is CC1CCC(C(C)C)C(Oc2ccc([C@@H](C)N)cc2Br)C1. The van der Waals surface area contributed by atoms with Gasteiger partial charge in [-0.15, -0.1) is 0 Å². The van der Waals surface area contributed by atoms with Crippen LogP contribution < -0.4 is 10.5 Å². The van der Waals surface area contributed by atoms with Gasteiger partial charge in [-0.2, -0.15) is 0 Å². The maximum absolute atomic E-state index is 6.38. The first-order valence-corrected chi connectivity index (χ1v) is 8.89. The van der Waals surface area contributed by atoms with Crippen LogP contribution in [0.3, 0.4) is 0 Å². The summed E-state index contributed by atoms with van der Waals surface area (Å²) in [4.78, 5) is 0. The van der Waals surface area contributed by atoms with Gasteiger partial charge in [-0.05, 0) is 71.1 Å². The molecule has 0 amide bonds. The minimum atomic E-state index is 0.0495. The molecular weight excluding hydrogens is 326 g/mol. The standard InChI is InChI=1S/C18H28BrNO/c1-11(2)15-7-5-12(3)9-18(15)21-17-8-6-14(13(4)20)10-16(17)19/h6,8,10-13,15,18H,5,7,9,20H2,1-4H3/t12?,13-,15?,18?/m1/s1. The van der Waals surface area contributed by atoms with Gasteiger partial charge >= 0.3 is 0 Å². The van der Waals surface area contributed by atoms with E-state index in [9.17, 15) is 0 Å². The van der Waals surface area contributed by atoms with Crippen molar-refractivity contribution in [1.29, 1.82) is 0 Å². The van der Waals surface area contributed by atoms with Gasteiger partial charge in [0.15, 0.2) is 0 Å². The van der Waals surface area contributed by atoms with E-state index in [2.05, 4.69) is 54.9 Å². The highest BCUT2D eigenvalue weighted by molar-refractivity contribution is 9.10. The Morgan fingerprint density at radius 1 is 1.24 bits per heavy atom. The van der Waals surface area contributed by atoms with E-state index in [1.54, 1.807) is 0 Å². The summed E-state index contributed by atoms with van der Waals surface area (Å²) in [6, 6.07) is 6.26. The van der Waals surface area contributed by atoms with Gasteiger partial charge in [0, 0.05) is 6.04 Å². The van der Waals surface area contributed by atoms with E-state index in [1.807, 2.05) is 6.92 Å². The molecule has 2 nitrogen and oxygen atoms in total. The van der Waals surface area contributed by atoms with Gasteiger partial charge < -0.3 is 10.5 Å². The summed E-state index contributed by atoms with van der Waals surface area (Å²) in [6.45, 7) is 8.96. The summed E-state index contributed by atoms with van der Waals surface area (Å²) in [6.07, 6.45) is 4.09. The lowest BCUT2D eigenvalue weighted by atomic mass is 9.75. The third-order valence-corrected chi connectivity index (χ3v) is 5.34. The molecule has 3 heteroatoms. The predicted octanol–water partition coefficient (Wildman–Crippen LogP) is 5.31. The molecule has 4 atom stereocenters. The van der Waals surface area contributed by atoms with Crippen molar-refractivity contribution >= 4 is 15.9 Å². The maximum atomic E-state index is 6.38. The molecule has 1 aromatic carbocycles. The van der Waals surface area contributed by atoms with Crippen LogP contribution in [0.25, 0.3) is 0 Å². The molecule has 0 heterocycles. The highest BCUT2D eigenvalue weighted by Crippen LogP contribution is 2.38. The van der Waals surface area contributed by atoms with Gasteiger partial charge in [-0.25, -0.2) is 0 Å². The summed E-state index contributed by atoms with van der Waals surface area (Å²) in [5, 5.41) is 0. The number of hydrogen-bond acceptors (Lipinski definition) is 2. The van der Waals surface area contributed by atoms with Gasteiger partial charge in [0.25, 0.3) is 0 Å². The first-order chi connectivity index (χ1) is 9.88. The zero-order chi connectivity index (χ0) is 15.6. The highest BCUT2D eigenvalue weighted by atomic mass is 79.9. The molecule has 2 rings (SSSR count). The van der Waals surface area contributed by atoms with E-state index in [-0.39, 0.29) is 6.04 Å². The van der Waals surface area contributed by atoms with Gasteiger partial charge in [-0.3, -0.25) is 0 Å². The topological polar surface area (TPSA) is 35.2 Å². The largest absolute Gasteiger partial charge is 0.489 e. The molecule has 1 fully saturated rings. The van der Waals surface area contributed by atoms with E-state index < -0.39 is 0 Å². The lowest BCUT2D eigenvalue weighted by Gasteiger charge is -2.37. The van der Waals surface area contributed by atoms with Crippen molar-refractivity contribution < 1.29 is 4.74 Å². The normalized spacial score (nSPS) is 27.7. The summed E-state index contributed by atoms with van der Waals surface area (Å²) in [5.74, 6) is 3.03. The Morgan fingerprint density at radius 2 is 1.95 bits per heavy atom. The number of nitrogens with two attached hydrogens (primary N) is 1. The lowest BCUT2D eigenvalue weighted by molar-refractivity contribution is 0.0454. The number of ether oxygens (including phenoxy) is 1. The molecule has 1 aliphatic rings. The molecule has 1 saturated carbocycles. The first kappa shape index (κ1) is 16.8. The Morgan fingerprint density at radius 3 is 2.52 bits per heavy atom. The molecule has 0 aliphatic heterocycles. The summed E-state index contributed by atoms with van der Waals surface area (Å²) < 4.78 is 7.39. The predicted molar refractivity (Wildman–Crippen MR) is 92.5 cm³/mol. The molecule has 118 valence electrons. The third kappa shape index (κ3) is 4.23. The first-order valence-electron chi connectivity index (χ1n) is 8.10. The molecular formula is C18H28BrNO. The maximum Gasteiger partial charge on any atom is 0.133 e. The van der Waals surface area contributed by atoms with Crippen molar-refractivity contribution in [3.63, 3.8) is 0 Å². The van der Waals surface area contributed by atoms with E-state index in [0.29, 0.717) is 17.9 Å². The number of rotatable bonds is 4. The van der Waals surface area contributed by atoms with Crippen LogP contribution in [-0.2, 0) is 0 Å². The smallest absolute Gasteiger partial charge is 0.133 e. The summed E-state index contributed by atoms with van der Waals surface area (Å²) in [5.41, 5.74) is 7.07. The van der Waals surface area contributed by atoms with Crippen LogP contribution in [0.4, 0.5) is 0 Å². The van der Waals surface area contributed by atoms with E-state index in [1.165, 1.54) is 12.8 Å². The fourth-order valence-electron chi connectivity index (χ4n) is 3.31. The van der Waals surface area contributed by atoms with Gasteiger partial charge in [0.05, 0.1) is 4.47 Å². The second-order valence-corrected chi connectivity index (χ2v) is 7.82. The van der Waals surface area contributed by atoms with Crippen molar-refractivity contribution in [3.05, 3.63) is 28.2 Å². The fourth-order valence-corrected chi connectivity index (χ4v) is 3.80. The zero-order valence-electron chi connectivity index (χ0n) is 13.6. The monoisotopic (exact) mass is 353 g/mol. The molecule has 0 radical (unpaired) electrons. The fraction of sp³-hybridized carbons (Fsp3) is 0.667. The van der Waals surface area contributed by atoms with Crippen LogP contribution in [0.15, 0.2) is 22.7 Å². The number of hydrogen-bond donors (Lipinski definition) is 1. The van der Waals surface area contributed by atoms with Crippen LogP contribution in [0.2, 0.25) is 0 Å². The molecule has 0 bridgehead atoms. The molecule has 2 N–H and O–H groups in total. The number of halogens is 1. The van der Waals surface area contributed by atoms with Crippen LogP contribution in [0.5, 0.6) is 5.75 Å². The Balaban J connectivity index is 2.15. The molecule has 3 unspecified atom stereocenters. The second-order valence-electron chi connectivity index (χ2n) is 6.96. The van der Waals surface area contributed by atoms with Crippen molar-refractivity contribution in [2.45, 2.75) is 59.1 Å². The van der Waals surface area contributed by atoms with Crippen LogP contribution >= 0.6 is 15.9 Å². The highest BCUT2D eigenvalue weighted by Gasteiger charge is 2.32. The Hall–Kier alpha value is -0.540. The van der Waals surface area contributed by atoms with Gasteiger partial charge in [-0.1, -0.05) is 33.3 Å². The van der Waals surface area contributed by atoms with Crippen molar-refractivity contribution in [2.75, 3.05) is 0 Å². The molecule has 1 aliphatic carbocycles. The quantitative estimate of drug-likeness (QED) is 0.795. The Bertz CT molecular complexity index is 472. The molecule has 0 aromatic heterocycles. The van der Waals surface area contributed by atoms with Crippen molar-refractivity contribution in [2.24, 2.45) is 23.5 Å². The van der Waals surface area contributed by atoms with Crippen molar-refractivity contribution in [1.82, 2.24) is 0 Å². The number of benzene rings is 1. The second kappa shape index (κ2) is 7.15. The van der Waals surface area contributed by atoms with E-state index >= 15 is 0 Å². The Kier molecular flexibility index (Phi) is 5.73.